The van der Waals surface area contributed by atoms with Crippen LogP contribution in [0.2, 0.25) is 0 Å². The van der Waals surface area contributed by atoms with Crippen molar-refractivity contribution in [2.24, 2.45) is 5.92 Å². The molecule has 1 saturated heterocycles. The second-order valence-corrected chi connectivity index (χ2v) is 6.85. The maximum absolute atomic E-state index is 3.81. The van der Waals surface area contributed by atoms with E-state index in [9.17, 15) is 0 Å². The molecule has 1 aliphatic carbocycles. The molecule has 2 heteroatoms. The maximum Gasteiger partial charge on any atom is 0.0308 e. The standard InChI is InChI=1S/C18H28N2/c1-3-15-5-7-16(8-6-15)13-20-12-4-11-19-18(2,14-20)17-9-10-17/h5-8,17,19H,3-4,9-14H2,1-2H3. The van der Waals surface area contributed by atoms with Crippen molar-refractivity contribution in [2.45, 2.75) is 51.6 Å². The Labute approximate surface area is 123 Å². The SMILES string of the molecule is CCc1ccc(CN2CCCNC(C)(C3CC3)C2)cc1. The third kappa shape index (κ3) is 3.24. The predicted molar refractivity (Wildman–Crippen MR) is 84.8 cm³/mol. The Hall–Kier alpha value is -0.860. The first-order valence-corrected chi connectivity index (χ1v) is 8.25. The van der Waals surface area contributed by atoms with Gasteiger partial charge in [-0.05, 0) is 62.7 Å². The van der Waals surface area contributed by atoms with Gasteiger partial charge in [0, 0.05) is 18.6 Å². The lowest BCUT2D eigenvalue weighted by Gasteiger charge is -2.34. The van der Waals surface area contributed by atoms with Crippen LogP contribution in [-0.2, 0) is 13.0 Å². The topological polar surface area (TPSA) is 15.3 Å². The summed E-state index contributed by atoms with van der Waals surface area (Å²) in [5.74, 6) is 0.908. The van der Waals surface area contributed by atoms with Crippen LogP contribution >= 0.6 is 0 Å². The van der Waals surface area contributed by atoms with Crippen molar-refractivity contribution in [3.05, 3.63) is 35.4 Å². The molecule has 2 aliphatic rings. The van der Waals surface area contributed by atoms with Gasteiger partial charge in [-0.15, -0.1) is 0 Å². The van der Waals surface area contributed by atoms with Gasteiger partial charge in [0.1, 0.15) is 0 Å². The normalized spacial score (nSPS) is 28.3. The maximum atomic E-state index is 3.81. The Morgan fingerprint density at radius 2 is 1.90 bits per heavy atom. The molecule has 1 aromatic carbocycles. The first-order valence-electron chi connectivity index (χ1n) is 8.25. The second kappa shape index (κ2) is 5.87. The minimum Gasteiger partial charge on any atom is -0.310 e. The Morgan fingerprint density at radius 1 is 1.20 bits per heavy atom. The zero-order chi connectivity index (χ0) is 14.0. The zero-order valence-electron chi connectivity index (χ0n) is 13.0. The summed E-state index contributed by atoms with van der Waals surface area (Å²) < 4.78 is 0. The van der Waals surface area contributed by atoms with Crippen LogP contribution in [0.1, 0.15) is 44.2 Å². The quantitative estimate of drug-likeness (QED) is 0.905. The number of benzene rings is 1. The first kappa shape index (κ1) is 14.1. The third-order valence-corrected chi connectivity index (χ3v) is 5.05. The highest BCUT2D eigenvalue weighted by Crippen LogP contribution is 2.40. The lowest BCUT2D eigenvalue weighted by molar-refractivity contribution is 0.195. The van der Waals surface area contributed by atoms with E-state index in [1.165, 1.54) is 50.0 Å². The number of hydrogen-bond donors (Lipinski definition) is 1. The lowest BCUT2D eigenvalue weighted by Crippen LogP contribution is -2.50. The molecule has 2 fully saturated rings. The van der Waals surface area contributed by atoms with E-state index in [1.807, 2.05) is 0 Å². The Bertz CT molecular complexity index is 435. The average Bonchev–Trinajstić information content (AvgIpc) is 3.28. The van der Waals surface area contributed by atoms with Crippen LogP contribution in [0.25, 0.3) is 0 Å². The van der Waals surface area contributed by atoms with Gasteiger partial charge in [0.05, 0.1) is 0 Å². The van der Waals surface area contributed by atoms with Crippen LogP contribution < -0.4 is 5.32 Å². The largest absolute Gasteiger partial charge is 0.310 e. The molecule has 110 valence electrons. The summed E-state index contributed by atoms with van der Waals surface area (Å²) >= 11 is 0. The fraction of sp³-hybridized carbons (Fsp3) is 0.667. The molecule has 2 nitrogen and oxygen atoms in total. The van der Waals surface area contributed by atoms with Crippen molar-refractivity contribution >= 4 is 0 Å². The molecule has 1 heterocycles. The Kier molecular flexibility index (Phi) is 4.13. The van der Waals surface area contributed by atoms with Gasteiger partial charge in [-0.3, -0.25) is 4.90 Å². The second-order valence-electron chi connectivity index (χ2n) is 6.85. The monoisotopic (exact) mass is 272 g/mol. The number of nitrogens with one attached hydrogen (secondary N) is 1. The van der Waals surface area contributed by atoms with Crippen molar-refractivity contribution < 1.29 is 0 Å². The molecule has 1 saturated carbocycles. The molecule has 1 aliphatic heterocycles. The van der Waals surface area contributed by atoms with E-state index < -0.39 is 0 Å². The van der Waals surface area contributed by atoms with Crippen LogP contribution in [0.4, 0.5) is 0 Å². The molecule has 0 spiro atoms. The molecule has 3 rings (SSSR count). The van der Waals surface area contributed by atoms with Gasteiger partial charge in [0.2, 0.25) is 0 Å². The highest BCUT2D eigenvalue weighted by molar-refractivity contribution is 5.22. The number of rotatable bonds is 4. The first-order chi connectivity index (χ1) is 9.69. The van der Waals surface area contributed by atoms with Crippen molar-refractivity contribution in [3.8, 4) is 0 Å². The van der Waals surface area contributed by atoms with Gasteiger partial charge in [-0.2, -0.15) is 0 Å². The van der Waals surface area contributed by atoms with E-state index in [1.54, 1.807) is 0 Å². The third-order valence-electron chi connectivity index (χ3n) is 5.05. The van der Waals surface area contributed by atoms with E-state index in [4.69, 9.17) is 0 Å². The van der Waals surface area contributed by atoms with Gasteiger partial charge in [-0.1, -0.05) is 31.2 Å². The summed E-state index contributed by atoms with van der Waals surface area (Å²) in [5.41, 5.74) is 3.25. The molecular weight excluding hydrogens is 244 g/mol. The molecule has 1 aromatic rings. The highest BCUT2D eigenvalue weighted by atomic mass is 15.2. The number of hydrogen-bond acceptors (Lipinski definition) is 2. The summed E-state index contributed by atoms with van der Waals surface area (Å²) in [6.07, 6.45) is 5.24. The fourth-order valence-corrected chi connectivity index (χ4v) is 3.54. The van der Waals surface area contributed by atoms with Gasteiger partial charge in [-0.25, -0.2) is 0 Å². The minimum atomic E-state index is 0.347. The number of nitrogens with zero attached hydrogens (tertiary/aromatic N) is 1. The fourth-order valence-electron chi connectivity index (χ4n) is 3.54. The minimum absolute atomic E-state index is 0.347. The van der Waals surface area contributed by atoms with Crippen molar-refractivity contribution in [1.29, 1.82) is 0 Å². The van der Waals surface area contributed by atoms with Gasteiger partial charge in [0.15, 0.2) is 0 Å². The summed E-state index contributed by atoms with van der Waals surface area (Å²) in [4.78, 5) is 2.65. The zero-order valence-corrected chi connectivity index (χ0v) is 13.0. The summed E-state index contributed by atoms with van der Waals surface area (Å²) in [6.45, 7) is 9.37. The van der Waals surface area contributed by atoms with E-state index in [2.05, 4.69) is 48.3 Å². The van der Waals surface area contributed by atoms with E-state index in [0.29, 0.717) is 5.54 Å². The smallest absolute Gasteiger partial charge is 0.0308 e. The number of aryl methyl sites for hydroxylation is 1. The molecule has 0 bridgehead atoms. The summed E-state index contributed by atoms with van der Waals surface area (Å²) in [5, 5.41) is 3.81. The highest BCUT2D eigenvalue weighted by Gasteiger charge is 2.42. The average molecular weight is 272 g/mol. The summed E-state index contributed by atoms with van der Waals surface area (Å²) in [7, 11) is 0. The Morgan fingerprint density at radius 3 is 2.55 bits per heavy atom. The van der Waals surface area contributed by atoms with E-state index in [0.717, 1.165) is 18.9 Å². The van der Waals surface area contributed by atoms with Crippen LogP contribution in [0.5, 0.6) is 0 Å². The van der Waals surface area contributed by atoms with Crippen LogP contribution in [0, 0.1) is 5.92 Å². The Balaban J connectivity index is 1.65. The van der Waals surface area contributed by atoms with Crippen molar-refractivity contribution in [3.63, 3.8) is 0 Å². The van der Waals surface area contributed by atoms with Crippen molar-refractivity contribution in [2.75, 3.05) is 19.6 Å². The van der Waals surface area contributed by atoms with Gasteiger partial charge in [0.25, 0.3) is 0 Å². The van der Waals surface area contributed by atoms with Gasteiger partial charge < -0.3 is 5.32 Å². The molecule has 1 atom stereocenters. The molecule has 0 radical (unpaired) electrons. The van der Waals surface area contributed by atoms with Crippen molar-refractivity contribution in [1.82, 2.24) is 10.2 Å². The van der Waals surface area contributed by atoms with Crippen LogP contribution in [0.15, 0.2) is 24.3 Å². The van der Waals surface area contributed by atoms with E-state index in [-0.39, 0.29) is 0 Å². The molecule has 1 unspecified atom stereocenters. The lowest BCUT2D eigenvalue weighted by atomic mass is 9.95. The van der Waals surface area contributed by atoms with Crippen LogP contribution in [-0.4, -0.2) is 30.1 Å². The van der Waals surface area contributed by atoms with Gasteiger partial charge >= 0.3 is 0 Å². The predicted octanol–water partition coefficient (Wildman–Crippen LogP) is 3.21. The van der Waals surface area contributed by atoms with E-state index >= 15 is 0 Å². The summed E-state index contributed by atoms with van der Waals surface area (Å²) in [6, 6.07) is 9.19. The molecule has 20 heavy (non-hydrogen) atoms. The molecule has 0 amide bonds. The van der Waals surface area contributed by atoms with Crippen LogP contribution in [0.3, 0.4) is 0 Å². The molecular formula is C18H28N2. The molecule has 0 aromatic heterocycles. The molecule has 1 N–H and O–H groups in total.